The van der Waals surface area contributed by atoms with Crippen LogP contribution in [0.3, 0.4) is 0 Å². The molecule has 0 amide bonds. The highest BCUT2D eigenvalue weighted by Crippen LogP contribution is 1.93. The van der Waals surface area contributed by atoms with Gasteiger partial charge in [0.25, 0.3) is 0 Å². The number of nitrogens with zero attached hydrogens (tertiary/aromatic N) is 4. The molecule has 0 aliphatic carbocycles. The predicted molar refractivity (Wildman–Crippen MR) is 47.9 cm³/mol. The molecular weight excluding hydrogens is 152 g/mol. The van der Waals surface area contributed by atoms with Gasteiger partial charge in [0.05, 0.1) is 0 Å². The van der Waals surface area contributed by atoms with E-state index in [0.717, 1.165) is 25.3 Å². The Morgan fingerprint density at radius 2 is 2.25 bits per heavy atom. The molecule has 68 valence electrons. The molecule has 0 aliphatic rings. The Morgan fingerprint density at radius 1 is 1.50 bits per heavy atom. The van der Waals surface area contributed by atoms with Crippen molar-refractivity contribution in [3.8, 4) is 0 Å². The van der Waals surface area contributed by atoms with Gasteiger partial charge in [-0.25, -0.2) is 4.98 Å². The summed E-state index contributed by atoms with van der Waals surface area (Å²) >= 11 is 0. The molecule has 0 fully saturated rings. The molecule has 0 radical (unpaired) electrons. The average molecular weight is 168 g/mol. The lowest BCUT2D eigenvalue weighted by atomic mass is 10.4. The molecule has 0 bridgehead atoms. The second-order valence-corrected chi connectivity index (χ2v) is 3.19. The number of rotatable bonds is 4. The molecular formula is C8H16N4. The van der Waals surface area contributed by atoms with Crippen molar-refractivity contribution in [2.24, 2.45) is 0 Å². The smallest absolute Gasteiger partial charge is 0.138 e. The van der Waals surface area contributed by atoms with Gasteiger partial charge in [0, 0.05) is 6.54 Å². The summed E-state index contributed by atoms with van der Waals surface area (Å²) in [6, 6.07) is 0. The lowest BCUT2D eigenvalue weighted by Crippen LogP contribution is -2.15. The molecule has 1 rings (SSSR count). The number of hydrogen-bond donors (Lipinski definition) is 0. The second kappa shape index (κ2) is 4.21. The van der Waals surface area contributed by atoms with Gasteiger partial charge < -0.3 is 4.90 Å². The summed E-state index contributed by atoms with van der Waals surface area (Å²) in [5, 5.41) is 4.10. The standard InChI is InChI=1S/C8H16N4/c1-8-9-7-10-12(8)6-4-5-11(2)3/h7H,4-6H2,1-3H3. The Balaban J connectivity index is 2.29. The lowest BCUT2D eigenvalue weighted by molar-refractivity contribution is 0.379. The zero-order valence-corrected chi connectivity index (χ0v) is 7.99. The highest BCUT2D eigenvalue weighted by molar-refractivity contribution is 4.77. The Kier molecular flexibility index (Phi) is 3.22. The van der Waals surface area contributed by atoms with Gasteiger partial charge in [0.15, 0.2) is 0 Å². The summed E-state index contributed by atoms with van der Waals surface area (Å²) < 4.78 is 1.93. The van der Waals surface area contributed by atoms with Gasteiger partial charge in [-0.3, -0.25) is 4.68 Å². The van der Waals surface area contributed by atoms with Crippen molar-refractivity contribution < 1.29 is 0 Å². The van der Waals surface area contributed by atoms with E-state index < -0.39 is 0 Å². The first-order valence-electron chi connectivity index (χ1n) is 4.19. The molecule has 1 heterocycles. The summed E-state index contributed by atoms with van der Waals surface area (Å²) in [5.41, 5.74) is 0. The summed E-state index contributed by atoms with van der Waals surface area (Å²) in [4.78, 5) is 6.23. The largest absolute Gasteiger partial charge is 0.309 e. The molecule has 4 nitrogen and oxygen atoms in total. The third-order valence-corrected chi connectivity index (χ3v) is 1.78. The van der Waals surface area contributed by atoms with Crippen LogP contribution in [0.2, 0.25) is 0 Å². The van der Waals surface area contributed by atoms with Crippen LogP contribution in [0, 0.1) is 6.92 Å². The van der Waals surface area contributed by atoms with Crippen LogP contribution in [0.4, 0.5) is 0 Å². The van der Waals surface area contributed by atoms with Crippen molar-refractivity contribution in [1.29, 1.82) is 0 Å². The van der Waals surface area contributed by atoms with E-state index in [1.807, 2.05) is 11.6 Å². The highest BCUT2D eigenvalue weighted by Gasteiger charge is 1.97. The second-order valence-electron chi connectivity index (χ2n) is 3.19. The van der Waals surface area contributed by atoms with Crippen molar-refractivity contribution in [3.63, 3.8) is 0 Å². The summed E-state index contributed by atoms with van der Waals surface area (Å²) in [6.45, 7) is 4.03. The first kappa shape index (κ1) is 9.19. The minimum absolute atomic E-state index is 0.962. The Labute approximate surface area is 73.2 Å². The monoisotopic (exact) mass is 168 g/mol. The maximum Gasteiger partial charge on any atom is 0.138 e. The van der Waals surface area contributed by atoms with Crippen LogP contribution in [0.15, 0.2) is 6.33 Å². The minimum atomic E-state index is 0.962. The van der Waals surface area contributed by atoms with Crippen molar-refractivity contribution in [3.05, 3.63) is 12.2 Å². The van der Waals surface area contributed by atoms with Crippen LogP contribution in [-0.4, -0.2) is 40.3 Å². The van der Waals surface area contributed by atoms with Gasteiger partial charge >= 0.3 is 0 Å². The Hall–Kier alpha value is -0.900. The third-order valence-electron chi connectivity index (χ3n) is 1.78. The highest BCUT2D eigenvalue weighted by atomic mass is 15.3. The molecule has 0 aliphatic heterocycles. The molecule has 0 spiro atoms. The maximum atomic E-state index is 4.10. The molecule has 1 aromatic rings. The zero-order chi connectivity index (χ0) is 8.97. The number of aryl methyl sites for hydroxylation is 2. The van der Waals surface area contributed by atoms with E-state index in [4.69, 9.17) is 0 Å². The molecule has 0 unspecified atom stereocenters. The van der Waals surface area contributed by atoms with Crippen LogP contribution in [0.1, 0.15) is 12.2 Å². The van der Waals surface area contributed by atoms with Crippen LogP contribution in [0.5, 0.6) is 0 Å². The number of hydrogen-bond acceptors (Lipinski definition) is 3. The summed E-state index contributed by atoms with van der Waals surface area (Å²) in [7, 11) is 4.16. The van der Waals surface area contributed by atoms with E-state index in [9.17, 15) is 0 Å². The fourth-order valence-corrected chi connectivity index (χ4v) is 1.08. The van der Waals surface area contributed by atoms with Crippen LogP contribution < -0.4 is 0 Å². The van der Waals surface area contributed by atoms with E-state index >= 15 is 0 Å². The van der Waals surface area contributed by atoms with E-state index in [-0.39, 0.29) is 0 Å². The third kappa shape index (κ3) is 2.62. The molecule has 0 N–H and O–H groups in total. The minimum Gasteiger partial charge on any atom is -0.309 e. The van der Waals surface area contributed by atoms with Gasteiger partial charge in [-0.15, -0.1) is 0 Å². The average Bonchev–Trinajstić information content (AvgIpc) is 2.36. The Morgan fingerprint density at radius 3 is 2.75 bits per heavy atom. The van der Waals surface area contributed by atoms with E-state index in [2.05, 4.69) is 29.1 Å². The van der Waals surface area contributed by atoms with Crippen molar-refractivity contribution in [2.75, 3.05) is 20.6 Å². The van der Waals surface area contributed by atoms with E-state index in [1.165, 1.54) is 0 Å². The predicted octanol–water partition coefficient (Wildman–Crippen LogP) is 0.538. The summed E-state index contributed by atoms with van der Waals surface area (Å²) in [5.74, 6) is 0.994. The van der Waals surface area contributed by atoms with E-state index in [0.29, 0.717) is 0 Å². The molecule has 0 saturated heterocycles. The first-order valence-corrected chi connectivity index (χ1v) is 4.19. The van der Waals surface area contributed by atoms with Crippen molar-refractivity contribution in [1.82, 2.24) is 19.7 Å². The molecule has 0 atom stereocenters. The van der Waals surface area contributed by atoms with Crippen molar-refractivity contribution >= 4 is 0 Å². The van der Waals surface area contributed by atoms with Gasteiger partial charge in [-0.2, -0.15) is 5.10 Å². The summed E-state index contributed by atoms with van der Waals surface area (Å²) in [6.07, 6.45) is 2.72. The van der Waals surface area contributed by atoms with Crippen LogP contribution in [-0.2, 0) is 6.54 Å². The Bertz CT molecular complexity index is 229. The van der Waals surface area contributed by atoms with Gasteiger partial charge in [-0.05, 0) is 34.0 Å². The first-order chi connectivity index (χ1) is 5.70. The zero-order valence-electron chi connectivity index (χ0n) is 7.99. The molecule has 0 aromatic carbocycles. The maximum absolute atomic E-state index is 4.10. The fraction of sp³-hybridized carbons (Fsp3) is 0.750. The molecule has 0 saturated carbocycles. The SMILES string of the molecule is Cc1ncnn1CCCN(C)C. The van der Waals surface area contributed by atoms with Gasteiger partial charge in [-0.1, -0.05) is 0 Å². The fourth-order valence-electron chi connectivity index (χ4n) is 1.08. The van der Waals surface area contributed by atoms with Crippen LogP contribution >= 0.6 is 0 Å². The molecule has 12 heavy (non-hydrogen) atoms. The van der Waals surface area contributed by atoms with Crippen molar-refractivity contribution in [2.45, 2.75) is 19.9 Å². The number of aromatic nitrogens is 3. The molecule has 1 aromatic heterocycles. The van der Waals surface area contributed by atoms with Gasteiger partial charge in [0.2, 0.25) is 0 Å². The quantitative estimate of drug-likeness (QED) is 0.658. The van der Waals surface area contributed by atoms with E-state index in [1.54, 1.807) is 6.33 Å². The van der Waals surface area contributed by atoms with Crippen LogP contribution in [0.25, 0.3) is 0 Å². The normalized spacial score (nSPS) is 11.0. The lowest BCUT2D eigenvalue weighted by Gasteiger charge is -2.08. The topological polar surface area (TPSA) is 34.0 Å². The molecule has 4 heteroatoms. The van der Waals surface area contributed by atoms with Gasteiger partial charge in [0.1, 0.15) is 12.2 Å².